The minimum Gasteiger partial charge on any atom is -0.396 e. The number of nitrogens with zero attached hydrogens (tertiary/aromatic N) is 2. The number of nitrogens with two attached hydrogens (primary N) is 1. The fourth-order valence-electron chi connectivity index (χ4n) is 2.11. The summed E-state index contributed by atoms with van der Waals surface area (Å²) in [5, 5.41) is 31.6. The molecule has 1 saturated carbocycles. The largest absolute Gasteiger partial charge is 0.396 e. The number of nitrogens with one attached hydrogen (secondary N) is 1. The van der Waals surface area contributed by atoms with Gasteiger partial charge in [0.15, 0.2) is 11.0 Å². The Kier molecular flexibility index (Phi) is 3.86. The van der Waals surface area contributed by atoms with Crippen LogP contribution in [0.4, 0.5) is 11.5 Å². The van der Waals surface area contributed by atoms with Gasteiger partial charge in [0.1, 0.15) is 18.1 Å². The van der Waals surface area contributed by atoms with Crippen LogP contribution in [0.25, 0.3) is 0 Å². The molecule has 0 aromatic carbocycles. The van der Waals surface area contributed by atoms with Crippen LogP contribution in [-0.2, 0) is 0 Å². The predicted octanol–water partition coefficient (Wildman–Crippen LogP) is -0.773. The van der Waals surface area contributed by atoms with Crippen LogP contribution in [0.1, 0.15) is 6.42 Å². The smallest absolute Gasteiger partial charge is 0.157 e. The van der Waals surface area contributed by atoms with Crippen LogP contribution in [0.2, 0.25) is 5.15 Å². The van der Waals surface area contributed by atoms with Crippen molar-refractivity contribution in [3.05, 3.63) is 11.5 Å². The lowest BCUT2D eigenvalue weighted by Gasteiger charge is -2.19. The quantitative estimate of drug-likeness (QED) is 0.458. The van der Waals surface area contributed by atoms with Crippen LogP contribution in [0.15, 0.2) is 6.33 Å². The van der Waals surface area contributed by atoms with Gasteiger partial charge in [-0.25, -0.2) is 9.97 Å². The molecule has 4 atom stereocenters. The van der Waals surface area contributed by atoms with Gasteiger partial charge in [0, 0.05) is 12.5 Å². The Balaban J connectivity index is 2.13. The first-order valence-electron chi connectivity index (χ1n) is 5.54. The maximum absolute atomic E-state index is 9.84. The Labute approximate surface area is 109 Å². The Morgan fingerprint density at radius 2 is 2.11 bits per heavy atom. The molecule has 1 heterocycles. The number of rotatable bonds is 3. The molecule has 0 amide bonds. The molecule has 0 bridgehead atoms. The fraction of sp³-hybridized carbons (Fsp3) is 0.600. The summed E-state index contributed by atoms with van der Waals surface area (Å²) in [5.74, 6) is -0.0547. The zero-order valence-corrected chi connectivity index (χ0v) is 10.2. The summed E-state index contributed by atoms with van der Waals surface area (Å²) in [5.41, 5.74) is 5.88. The molecule has 0 aliphatic heterocycles. The lowest BCUT2D eigenvalue weighted by molar-refractivity contribution is 0.00446. The average molecular weight is 275 g/mol. The van der Waals surface area contributed by atoms with Crippen molar-refractivity contribution in [2.24, 2.45) is 5.92 Å². The summed E-state index contributed by atoms with van der Waals surface area (Å²) in [4.78, 5) is 7.64. The summed E-state index contributed by atoms with van der Waals surface area (Å²) in [7, 11) is 0. The van der Waals surface area contributed by atoms with E-state index in [4.69, 9.17) is 22.4 Å². The summed E-state index contributed by atoms with van der Waals surface area (Å²) in [6.45, 7) is -0.184. The molecule has 100 valence electrons. The molecule has 7 nitrogen and oxygen atoms in total. The molecule has 0 unspecified atom stereocenters. The average Bonchev–Trinajstić information content (AvgIpc) is 2.63. The summed E-state index contributed by atoms with van der Waals surface area (Å²) in [6, 6.07) is -0.439. The van der Waals surface area contributed by atoms with Gasteiger partial charge in [-0.15, -0.1) is 0 Å². The van der Waals surface area contributed by atoms with E-state index in [9.17, 15) is 10.2 Å². The second kappa shape index (κ2) is 5.23. The van der Waals surface area contributed by atoms with E-state index in [2.05, 4.69) is 15.3 Å². The molecular formula is C10H15ClN4O3. The molecule has 8 heteroatoms. The first-order chi connectivity index (χ1) is 8.54. The van der Waals surface area contributed by atoms with E-state index in [-0.39, 0.29) is 23.4 Å². The van der Waals surface area contributed by atoms with Gasteiger partial charge in [0.05, 0.1) is 12.1 Å². The Bertz CT molecular complexity index is 434. The molecule has 6 N–H and O–H groups in total. The van der Waals surface area contributed by atoms with Gasteiger partial charge in [-0.05, 0) is 6.42 Å². The number of aromatic nitrogens is 2. The van der Waals surface area contributed by atoms with Crippen molar-refractivity contribution in [1.82, 2.24) is 9.97 Å². The van der Waals surface area contributed by atoms with Crippen LogP contribution in [-0.4, -0.2) is 50.1 Å². The van der Waals surface area contributed by atoms with Gasteiger partial charge in [0.2, 0.25) is 0 Å². The van der Waals surface area contributed by atoms with E-state index < -0.39 is 18.2 Å². The highest BCUT2D eigenvalue weighted by atomic mass is 35.5. The lowest BCUT2D eigenvalue weighted by Crippen LogP contribution is -2.35. The van der Waals surface area contributed by atoms with Crippen LogP contribution >= 0.6 is 11.6 Å². The van der Waals surface area contributed by atoms with Crippen LogP contribution in [0, 0.1) is 5.92 Å². The summed E-state index contributed by atoms with van der Waals surface area (Å²) in [6.07, 6.45) is -0.288. The maximum Gasteiger partial charge on any atom is 0.157 e. The summed E-state index contributed by atoms with van der Waals surface area (Å²) < 4.78 is 0. The second-order valence-electron chi connectivity index (χ2n) is 4.34. The Hall–Kier alpha value is -1.15. The fourth-order valence-corrected chi connectivity index (χ4v) is 2.25. The van der Waals surface area contributed by atoms with Crippen LogP contribution in [0.3, 0.4) is 0 Å². The zero-order valence-electron chi connectivity index (χ0n) is 9.49. The first kappa shape index (κ1) is 13.3. The Morgan fingerprint density at radius 1 is 1.39 bits per heavy atom. The third-order valence-electron chi connectivity index (χ3n) is 3.19. The highest BCUT2D eigenvalue weighted by Crippen LogP contribution is 2.30. The normalized spacial score (nSPS) is 31.6. The molecule has 1 aliphatic rings. The lowest BCUT2D eigenvalue weighted by atomic mass is 10.1. The molecular weight excluding hydrogens is 260 g/mol. The van der Waals surface area contributed by atoms with E-state index in [0.29, 0.717) is 12.2 Å². The highest BCUT2D eigenvalue weighted by Gasteiger charge is 2.41. The monoisotopic (exact) mass is 274 g/mol. The SMILES string of the molecule is Nc1c(Cl)ncnc1N[C@H]1C[C@@H](CO)[C@H](O)[C@@H]1O. The van der Waals surface area contributed by atoms with Crippen molar-refractivity contribution < 1.29 is 15.3 Å². The first-order valence-corrected chi connectivity index (χ1v) is 5.92. The molecule has 1 fully saturated rings. The highest BCUT2D eigenvalue weighted by molar-refractivity contribution is 6.32. The van der Waals surface area contributed by atoms with Crippen LogP contribution in [0.5, 0.6) is 0 Å². The van der Waals surface area contributed by atoms with E-state index >= 15 is 0 Å². The van der Waals surface area contributed by atoms with E-state index in [1.165, 1.54) is 6.33 Å². The van der Waals surface area contributed by atoms with E-state index in [1.807, 2.05) is 0 Å². The molecule has 0 spiro atoms. The number of halogens is 1. The van der Waals surface area contributed by atoms with Crippen molar-refractivity contribution in [1.29, 1.82) is 0 Å². The number of anilines is 2. The minimum absolute atomic E-state index is 0.124. The number of aliphatic hydroxyl groups is 3. The molecule has 2 rings (SSSR count). The van der Waals surface area contributed by atoms with Gasteiger partial charge in [-0.2, -0.15) is 0 Å². The molecule has 1 aromatic heterocycles. The van der Waals surface area contributed by atoms with Gasteiger partial charge in [-0.1, -0.05) is 11.6 Å². The van der Waals surface area contributed by atoms with Crippen molar-refractivity contribution in [2.45, 2.75) is 24.7 Å². The number of nitrogen functional groups attached to an aromatic ring is 1. The third kappa shape index (κ3) is 2.35. The minimum atomic E-state index is -0.990. The molecule has 0 saturated heterocycles. The van der Waals surface area contributed by atoms with E-state index in [0.717, 1.165) is 0 Å². The van der Waals surface area contributed by atoms with Gasteiger partial charge in [0.25, 0.3) is 0 Å². The topological polar surface area (TPSA) is 125 Å². The maximum atomic E-state index is 9.84. The molecule has 18 heavy (non-hydrogen) atoms. The molecule has 0 radical (unpaired) electrons. The predicted molar refractivity (Wildman–Crippen MR) is 66.1 cm³/mol. The van der Waals surface area contributed by atoms with Crippen molar-refractivity contribution in [3.63, 3.8) is 0 Å². The third-order valence-corrected chi connectivity index (χ3v) is 3.49. The zero-order chi connectivity index (χ0) is 13.3. The number of aliphatic hydroxyl groups excluding tert-OH is 3. The second-order valence-corrected chi connectivity index (χ2v) is 4.70. The number of hydrogen-bond acceptors (Lipinski definition) is 7. The van der Waals surface area contributed by atoms with Gasteiger partial charge >= 0.3 is 0 Å². The van der Waals surface area contributed by atoms with Crippen molar-refractivity contribution in [2.75, 3.05) is 17.7 Å². The number of hydrogen-bond donors (Lipinski definition) is 5. The molecule has 1 aromatic rings. The van der Waals surface area contributed by atoms with Crippen LogP contribution < -0.4 is 11.1 Å². The van der Waals surface area contributed by atoms with Crippen molar-refractivity contribution >= 4 is 23.1 Å². The molecule has 1 aliphatic carbocycles. The Morgan fingerprint density at radius 3 is 2.72 bits per heavy atom. The standard InChI is InChI=1S/C10H15ClN4O3/c11-9-6(12)10(14-3-13-9)15-5-1-4(2-16)7(17)8(5)18/h3-5,7-8,16-18H,1-2,12H2,(H,13,14,15)/t4-,5-,7-,8+/m0/s1. The summed E-state index contributed by atoms with van der Waals surface area (Å²) >= 11 is 5.75. The van der Waals surface area contributed by atoms with Crippen molar-refractivity contribution in [3.8, 4) is 0 Å². The van der Waals surface area contributed by atoms with Gasteiger partial charge in [-0.3, -0.25) is 0 Å². The van der Waals surface area contributed by atoms with Gasteiger partial charge < -0.3 is 26.4 Å². The van der Waals surface area contributed by atoms with E-state index in [1.54, 1.807) is 0 Å².